The lowest BCUT2D eigenvalue weighted by Crippen LogP contribution is -1.97. The van der Waals surface area contributed by atoms with E-state index in [0.29, 0.717) is 22.9 Å². The minimum Gasteiger partial charge on any atom is -0.489 e. The number of carbonyl (C=O) groups is 1. The van der Waals surface area contributed by atoms with Gasteiger partial charge in [-0.3, -0.25) is 0 Å². The van der Waals surface area contributed by atoms with E-state index < -0.39 is 5.97 Å². The summed E-state index contributed by atoms with van der Waals surface area (Å²) in [5.41, 5.74) is 4.37. The maximum atomic E-state index is 11.7. The number of ether oxygens (including phenoxy) is 1. The quantitative estimate of drug-likeness (QED) is 0.297. The number of aliphatic carboxylic acids is 1. The molecule has 0 bridgehead atoms. The Balaban J connectivity index is 1.45. The van der Waals surface area contributed by atoms with E-state index in [-0.39, 0.29) is 4.91 Å². The number of rotatable bonds is 7. The molecule has 30 heavy (non-hydrogen) atoms. The number of benzene rings is 3. The Kier molecular flexibility index (Phi) is 5.86. The van der Waals surface area contributed by atoms with E-state index in [1.807, 2.05) is 61.5 Å². The van der Waals surface area contributed by atoms with Crippen LogP contribution >= 0.6 is 11.8 Å². The van der Waals surface area contributed by atoms with Crippen LogP contribution in [-0.4, -0.2) is 16.1 Å². The van der Waals surface area contributed by atoms with Gasteiger partial charge in [0.05, 0.1) is 0 Å². The molecule has 4 aromatic rings. The number of oxazole rings is 1. The number of para-hydroxylation sites is 2. The molecule has 4 rings (SSSR count). The summed E-state index contributed by atoms with van der Waals surface area (Å²) in [5.74, 6) is -0.321. The van der Waals surface area contributed by atoms with Crippen molar-refractivity contribution in [1.82, 2.24) is 4.98 Å². The first-order chi connectivity index (χ1) is 14.6. The number of thioether (sulfide) groups is 1. The lowest BCUT2D eigenvalue weighted by molar-refractivity contribution is -0.131. The Labute approximate surface area is 178 Å². The van der Waals surface area contributed by atoms with E-state index in [4.69, 9.17) is 9.15 Å². The molecule has 3 aromatic carbocycles. The number of hydrogen-bond donors (Lipinski definition) is 1. The zero-order chi connectivity index (χ0) is 20.9. The van der Waals surface area contributed by atoms with Crippen molar-refractivity contribution in [2.45, 2.75) is 18.8 Å². The van der Waals surface area contributed by atoms with Crippen molar-refractivity contribution in [2.24, 2.45) is 0 Å². The van der Waals surface area contributed by atoms with Crippen molar-refractivity contribution < 1.29 is 19.1 Å². The van der Waals surface area contributed by atoms with Gasteiger partial charge in [0.15, 0.2) is 5.58 Å². The molecule has 0 saturated heterocycles. The van der Waals surface area contributed by atoms with Crippen LogP contribution in [0.3, 0.4) is 0 Å². The zero-order valence-electron chi connectivity index (χ0n) is 16.2. The fourth-order valence-electron chi connectivity index (χ4n) is 2.79. The molecule has 0 fully saturated rings. The summed E-state index contributed by atoms with van der Waals surface area (Å²) in [6.07, 6.45) is 1.59. The third-order valence-electron chi connectivity index (χ3n) is 4.39. The monoisotopic (exact) mass is 417 g/mol. The highest BCUT2D eigenvalue weighted by atomic mass is 32.2. The van der Waals surface area contributed by atoms with Gasteiger partial charge in [0.1, 0.15) is 22.8 Å². The summed E-state index contributed by atoms with van der Waals surface area (Å²) < 4.78 is 11.4. The largest absolute Gasteiger partial charge is 0.489 e. The summed E-state index contributed by atoms with van der Waals surface area (Å²) >= 11 is 0.983. The predicted molar refractivity (Wildman–Crippen MR) is 117 cm³/mol. The SMILES string of the molecule is Cc1ccc(COc2ccc(/C=C(\Sc3nc4ccccc4o3)C(=O)O)cc2)cc1. The van der Waals surface area contributed by atoms with Crippen molar-refractivity contribution in [3.63, 3.8) is 0 Å². The second-order valence-electron chi connectivity index (χ2n) is 6.71. The number of nitrogens with zero attached hydrogens (tertiary/aromatic N) is 1. The first-order valence-electron chi connectivity index (χ1n) is 9.34. The van der Waals surface area contributed by atoms with Crippen molar-refractivity contribution in [3.8, 4) is 5.75 Å². The molecule has 1 heterocycles. The Morgan fingerprint density at radius 1 is 1.07 bits per heavy atom. The highest BCUT2D eigenvalue weighted by Gasteiger charge is 2.14. The van der Waals surface area contributed by atoms with Gasteiger partial charge in [-0.05, 0) is 60.2 Å². The van der Waals surface area contributed by atoms with Gasteiger partial charge >= 0.3 is 5.97 Å². The molecule has 150 valence electrons. The summed E-state index contributed by atoms with van der Waals surface area (Å²) in [7, 11) is 0. The highest BCUT2D eigenvalue weighted by Crippen LogP contribution is 2.30. The van der Waals surface area contributed by atoms with Gasteiger partial charge in [-0.2, -0.15) is 0 Å². The number of carboxylic acid groups (broad SMARTS) is 1. The zero-order valence-corrected chi connectivity index (χ0v) is 17.1. The molecular formula is C24H19NO4S. The van der Waals surface area contributed by atoms with Crippen LogP contribution in [0, 0.1) is 6.92 Å². The van der Waals surface area contributed by atoms with Crippen LogP contribution in [-0.2, 0) is 11.4 Å². The van der Waals surface area contributed by atoms with Gasteiger partial charge in [0.25, 0.3) is 5.22 Å². The third-order valence-corrected chi connectivity index (χ3v) is 5.25. The minimum atomic E-state index is -1.04. The number of aromatic nitrogens is 1. The van der Waals surface area contributed by atoms with Crippen LogP contribution in [0.2, 0.25) is 0 Å². The van der Waals surface area contributed by atoms with E-state index in [2.05, 4.69) is 17.1 Å². The van der Waals surface area contributed by atoms with Gasteiger partial charge < -0.3 is 14.3 Å². The van der Waals surface area contributed by atoms with Crippen LogP contribution in [0.4, 0.5) is 0 Å². The van der Waals surface area contributed by atoms with E-state index in [9.17, 15) is 9.90 Å². The topological polar surface area (TPSA) is 72.6 Å². The lowest BCUT2D eigenvalue weighted by atomic mass is 10.1. The Hall–Kier alpha value is -3.51. The predicted octanol–water partition coefficient (Wildman–Crippen LogP) is 5.93. The Morgan fingerprint density at radius 3 is 2.50 bits per heavy atom. The molecule has 0 aliphatic carbocycles. The molecule has 0 aliphatic heterocycles. The molecule has 0 spiro atoms. The number of hydrogen-bond acceptors (Lipinski definition) is 5. The smallest absolute Gasteiger partial charge is 0.342 e. The van der Waals surface area contributed by atoms with Gasteiger partial charge in [-0.25, -0.2) is 9.78 Å². The summed E-state index contributed by atoms with van der Waals surface area (Å²) in [4.78, 5) is 16.1. The standard InChI is InChI=1S/C24H19NO4S/c1-16-6-8-18(9-7-16)15-28-19-12-10-17(11-13-19)14-22(23(26)27)30-24-25-20-4-2-3-5-21(20)29-24/h2-14H,15H2,1H3,(H,26,27)/b22-14-. The molecule has 0 amide bonds. The van der Waals surface area contributed by atoms with Gasteiger partial charge in [-0.1, -0.05) is 54.1 Å². The molecule has 0 saturated carbocycles. The number of aryl methyl sites for hydroxylation is 1. The van der Waals surface area contributed by atoms with Crippen LogP contribution in [0.15, 0.2) is 87.3 Å². The van der Waals surface area contributed by atoms with Crippen LogP contribution in [0.5, 0.6) is 5.75 Å². The fraction of sp³-hybridized carbons (Fsp3) is 0.0833. The molecule has 0 aliphatic rings. The maximum absolute atomic E-state index is 11.7. The summed E-state index contributed by atoms with van der Waals surface area (Å²) in [5, 5.41) is 9.87. The van der Waals surface area contributed by atoms with Crippen LogP contribution in [0.1, 0.15) is 16.7 Å². The molecule has 1 N–H and O–H groups in total. The van der Waals surface area contributed by atoms with Gasteiger partial charge in [0.2, 0.25) is 0 Å². The normalized spacial score (nSPS) is 11.6. The Morgan fingerprint density at radius 2 is 1.80 bits per heavy atom. The van der Waals surface area contributed by atoms with Gasteiger partial charge in [-0.15, -0.1) is 0 Å². The van der Waals surface area contributed by atoms with Crippen LogP contribution in [0.25, 0.3) is 17.2 Å². The van der Waals surface area contributed by atoms with E-state index in [1.54, 1.807) is 12.1 Å². The molecule has 1 aromatic heterocycles. The third kappa shape index (κ3) is 4.90. The summed E-state index contributed by atoms with van der Waals surface area (Å²) in [6, 6.07) is 22.8. The molecule has 6 heteroatoms. The van der Waals surface area contributed by atoms with E-state index in [0.717, 1.165) is 28.6 Å². The highest BCUT2D eigenvalue weighted by molar-refractivity contribution is 8.03. The molecular weight excluding hydrogens is 398 g/mol. The Bertz CT molecular complexity index is 1160. The maximum Gasteiger partial charge on any atom is 0.342 e. The molecule has 0 atom stereocenters. The summed E-state index contributed by atoms with van der Waals surface area (Å²) in [6.45, 7) is 2.52. The van der Waals surface area contributed by atoms with Crippen molar-refractivity contribution in [3.05, 3.63) is 94.4 Å². The van der Waals surface area contributed by atoms with Crippen molar-refractivity contribution in [1.29, 1.82) is 0 Å². The fourth-order valence-corrected chi connectivity index (χ4v) is 3.53. The first-order valence-corrected chi connectivity index (χ1v) is 10.2. The van der Waals surface area contributed by atoms with Crippen molar-refractivity contribution >= 4 is 34.9 Å². The first kappa shape index (κ1) is 19.8. The lowest BCUT2D eigenvalue weighted by Gasteiger charge is -2.07. The minimum absolute atomic E-state index is 0.120. The van der Waals surface area contributed by atoms with Gasteiger partial charge in [0, 0.05) is 0 Å². The molecule has 0 unspecified atom stereocenters. The number of carboxylic acids is 1. The van der Waals surface area contributed by atoms with Crippen LogP contribution < -0.4 is 4.74 Å². The second kappa shape index (κ2) is 8.88. The second-order valence-corrected chi connectivity index (χ2v) is 7.70. The average Bonchev–Trinajstić information content (AvgIpc) is 3.16. The molecule has 5 nitrogen and oxygen atoms in total. The molecule has 0 radical (unpaired) electrons. The number of fused-ring (bicyclic) bond motifs is 1. The average molecular weight is 417 g/mol. The van der Waals surface area contributed by atoms with E-state index in [1.165, 1.54) is 5.56 Å². The van der Waals surface area contributed by atoms with E-state index >= 15 is 0 Å². The van der Waals surface area contributed by atoms with Crippen molar-refractivity contribution in [2.75, 3.05) is 0 Å².